The molecule has 1 rings (SSSR count). The first-order valence-corrected chi connectivity index (χ1v) is 5.71. The molecule has 0 amide bonds. The van der Waals surface area contributed by atoms with Crippen molar-refractivity contribution in [1.29, 1.82) is 0 Å². The third-order valence-corrected chi connectivity index (χ3v) is 2.92. The van der Waals surface area contributed by atoms with E-state index in [0.717, 1.165) is 32.4 Å². The molecule has 2 nitrogen and oxygen atoms in total. The van der Waals surface area contributed by atoms with E-state index in [9.17, 15) is 5.11 Å². The molecular weight excluding hydrogens is 174 g/mol. The number of aliphatic hydroxyl groups is 1. The third-order valence-electron chi connectivity index (χ3n) is 2.92. The second-order valence-corrected chi connectivity index (χ2v) is 4.60. The average Bonchev–Trinajstić information content (AvgIpc) is 2.12. The van der Waals surface area contributed by atoms with Gasteiger partial charge in [0.05, 0.1) is 6.10 Å². The zero-order valence-corrected chi connectivity index (χ0v) is 9.26. The molecule has 0 aromatic carbocycles. The fraction of sp³-hybridized carbons (Fsp3) is 0.833. The van der Waals surface area contributed by atoms with Gasteiger partial charge in [-0.15, -0.1) is 6.58 Å². The number of hydrogen-bond acceptors (Lipinski definition) is 2. The van der Waals surface area contributed by atoms with E-state index in [-0.39, 0.29) is 6.10 Å². The van der Waals surface area contributed by atoms with E-state index in [1.54, 1.807) is 0 Å². The van der Waals surface area contributed by atoms with Crippen LogP contribution in [0.1, 0.15) is 39.0 Å². The predicted molar refractivity (Wildman–Crippen MR) is 60.3 cm³/mol. The molecule has 82 valence electrons. The lowest BCUT2D eigenvalue weighted by Gasteiger charge is -2.25. The van der Waals surface area contributed by atoms with E-state index in [4.69, 9.17) is 0 Å². The summed E-state index contributed by atoms with van der Waals surface area (Å²) < 4.78 is 0. The second-order valence-electron chi connectivity index (χ2n) is 4.60. The predicted octanol–water partition coefficient (Wildman–Crippen LogP) is 2.09. The maximum absolute atomic E-state index is 9.48. The summed E-state index contributed by atoms with van der Waals surface area (Å²) >= 11 is 0. The Morgan fingerprint density at radius 2 is 2.29 bits per heavy atom. The quantitative estimate of drug-likeness (QED) is 0.522. The molecule has 1 fully saturated rings. The van der Waals surface area contributed by atoms with Crippen molar-refractivity contribution < 1.29 is 5.11 Å². The molecule has 0 heterocycles. The Labute approximate surface area is 87.4 Å². The fourth-order valence-electron chi connectivity index (χ4n) is 2.06. The van der Waals surface area contributed by atoms with Gasteiger partial charge in [-0.2, -0.15) is 0 Å². The Morgan fingerprint density at radius 1 is 1.50 bits per heavy atom. The molecule has 0 saturated heterocycles. The normalized spacial score (nSPS) is 27.6. The van der Waals surface area contributed by atoms with Crippen LogP contribution in [0, 0.1) is 5.92 Å². The summed E-state index contributed by atoms with van der Waals surface area (Å²) in [6.45, 7) is 8.02. The van der Waals surface area contributed by atoms with E-state index in [1.807, 2.05) is 0 Å². The van der Waals surface area contributed by atoms with E-state index in [2.05, 4.69) is 18.8 Å². The highest BCUT2D eigenvalue weighted by Crippen LogP contribution is 2.23. The van der Waals surface area contributed by atoms with Crippen LogP contribution in [0.25, 0.3) is 0 Å². The molecule has 0 aromatic rings. The van der Waals surface area contributed by atoms with Crippen LogP contribution in [0.3, 0.4) is 0 Å². The molecule has 0 spiro atoms. The molecule has 2 heteroatoms. The molecule has 1 aliphatic rings. The van der Waals surface area contributed by atoms with Gasteiger partial charge in [-0.05, 0) is 51.6 Å². The monoisotopic (exact) mass is 197 g/mol. The van der Waals surface area contributed by atoms with Crippen LogP contribution in [-0.4, -0.2) is 24.3 Å². The van der Waals surface area contributed by atoms with Gasteiger partial charge in [-0.3, -0.25) is 0 Å². The lowest BCUT2D eigenvalue weighted by Crippen LogP contribution is -2.29. The minimum absolute atomic E-state index is 0.0447. The van der Waals surface area contributed by atoms with Gasteiger partial charge in [0.15, 0.2) is 0 Å². The summed E-state index contributed by atoms with van der Waals surface area (Å²) in [5, 5.41) is 12.9. The minimum Gasteiger partial charge on any atom is -0.393 e. The van der Waals surface area contributed by atoms with Crippen molar-refractivity contribution in [1.82, 2.24) is 5.32 Å². The van der Waals surface area contributed by atoms with Crippen molar-refractivity contribution in [2.24, 2.45) is 5.92 Å². The van der Waals surface area contributed by atoms with Crippen LogP contribution in [-0.2, 0) is 0 Å². The summed E-state index contributed by atoms with van der Waals surface area (Å²) in [7, 11) is 0. The van der Waals surface area contributed by atoms with Gasteiger partial charge in [0, 0.05) is 0 Å². The van der Waals surface area contributed by atoms with Crippen molar-refractivity contribution >= 4 is 0 Å². The molecule has 0 aliphatic heterocycles. The summed E-state index contributed by atoms with van der Waals surface area (Å²) in [5.74, 6) is 0.684. The first-order chi connectivity index (χ1) is 6.68. The van der Waals surface area contributed by atoms with Gasteiger partial charge in [-0.1, -0.05) is 12.0 Å². The molecule has 0 radical (unpaired) electrons. The Morgan fingerprint density at radius 3 is 2.93 bits per heavy atom. The Kier molecular flexibility index (Phi) is 5.20. The van der Waals surface area contributed by atoms with Crippen molar-refractivity contribution in [2.75, 3.05) is 13.1 Å². The molecule has 2 N–H and O–H groups in total. The third kappa shape index (κ3) is 4.77. The number of aliphatic hydroxyl groups excluding tert-OH is 1. The minimum atomic E-state index is -0.0447. The lowest BCUT2D eigenvalue weighted by molar-refractivity contribution is 0.101. The van der Waals surface area contributed by atoms with Crippen molar-refractivity contribution in [3.05, 3.63) is 12.2 Å². The summed E-state index contributed by atoms with van der Waals surface area (Å²) in [6, 6.07) is 0. The second kappa shape index (κ2) is 6.20. The SMILES string of the molecule is C=C(C)CCNCC1CCCC(O)C1. The van der Waals surface area contributed by atoms with Gasteiger partial charge in [0.25, 0.3) is 0 Å². The zero-order chi connectivity index (χ0) is 10.4. The Balaban J connectivity index is 2.03. The van der Waals surface area contributed by atoms with Crippen LogP contribution < -0.4 is 5.32 Å². The number of hydrogen-bond donors (Lipinski definition) is 2. The van der Waals surface area contributed by atoms with Gasteiger partial charge >= 0.3 is 0 Å². The standard InChI is InChI=1S/C12H23NO/c1-10(2)6-7-13-9-11-4-3-5-12(14)8-11/h11-14H,1,3-9H2,2H3. The molecule has 2 unspecified atom stereocenters. The lowest BCUT2D eigenvalue weighted by atomic mass is 9.87. The summed E-state index contributed by atoms with van der Waals surface area (Å²) in [4.78, 5) is 0. The molecule has 0 bridgehead atoms. The largest absolute Gasteiger partial charge is 0.393 e. The van der Waals surface area contributed by atoms with Gasteiger partial charge in [0.1, 0.15) is 0 Å². The molecule has 14 heavy (non-hydrogen) atoms. The highest BCUT2D eigenvalue weighted by Gasteiger charge is 2.19. The van der Waals surface area contributed by atoms with Gasteiger partial charge in [0.2, 0.25) is 0 Å². The smallest absolute Gasteiger partial charge is 0.0543 e. The molecular formula is C12H23NO. The molecule has 0 aromatic heterocycles. The van der Waals surface area contributed by atoms with E-state index < -0.39 is 0 Å². The van der Waals surface area contributed by atoms with Crippen molar-refractivity contribution in [3.8, 4) is 0 Å². The van der Waals surface area contributed by atoms with Crippen molar-refractivity contribution in [2.45, 2.75) is 45.1 Å². The van der Waals surface area contributed by atoms with Crippen LogP contribution >= 0.6 is 0 Å². The Bertz CT molecular complexity index is 179. The first-order valence-electron chi connectivity index (χ1n) is 5.71. The summed E-state index contributed by atoms with van der Waals surface area (Å²) in [6.07, 6.45) is 5.47. The highest BCUT2D eigenvalue weighted by molar-refractivity contribution is 4.88. The highest BCUT2D eigenvalue weighted by atomic mass is 16.3. The van der Waals surface area contributed by atoms with E-state index >= 15 is 0 Å². The summed E-state index contributed by atoms with van der Waals surface area (Å²) in [5.41, 5.74) is 1.24. The van der Waals surface area contributed by atoms with Crippen LogP contribution in [0.5, 0.6) is 0 Å². The zero-order valence-electron chi connectivity index (χ0n) is 9.26. The average molecular weight is 197 g/mol. The number of nitrogens with one attached hydrogen (secondary N) is 1. The van der Waals surface area contributed by atoms with E-state index in [0.29, 0.717) is 5.92 Å². The van der Waals surface area contributed by atoms with Crippen molar-refractivity contribution in [3.63, 3.8) is 0 Å². The van der Waals surface area contributed by atoms with Gasteiger partial charge < -0.3 is 10.4 Å². The van der Waals surface area contributed by atoms with E-state index in [1.165, 1.54) is 18.4 Å². The Hall–Kier alpha value is -0.340. The maximum atomic E-state index is 9.48. The first kappa shape index (κ1) is 11.7. The topological polar surface area (TPSA) is 32.3 Å². The molecule has 2 atom stereocenters. The fourth-order valence-corrected chi connectivity index (χ4v) is 2.06. The van der Waals surface area contributed by atoms with Gasteiger partial charge in [-0.25, -0.2) is 0 Å². The maximum Gasteiger partial charge on any atom is 0.0543 e. The molecule has 1 aliphatic carbocycles. The molecule has 1 saturated carbocycles. The van der Waals surface area contributed by atoms with Crippen LogP contribution in [0.4, 0.5) is 0 Å². The van der Waals surface area contributed by atoms with Crippen LogP contribution in [0.15, 0.2) is 12.2 Å². The van der Waals surface area contributed by atoms with Crippen LogP contribution in [0.2, 0.25) is 0 Å². The number of rotatable bonds is 5.